The van der Waals surface area contributed by atoms with Gasteiger partial charge in [0.1, 0.15) is 6.67 Å². The number of hydrogen-bond acceptors (Lipinski definition) is 1. The van der Waals surface area contributed by atoms with Crippen LogP contribution in [0.15, 0.2) is 24.3 Å². The van der Waals surface area contributed by atoms with Crippen LogP contribution in [0.25, 0.3) is 0 Å². The van der Waals surface area contributed by atoms with E-state index in [9.17, 15) is 9.50 Å². The van der Waals surface area contributed by atoms with E-state index in [0.717, 1.165) is 11.1 Å². The second-order valence-electron chi connectivity index (χ2n) is 3.80. The summed E-state index contributed by atoms with van der Waals surface area (Å²) in [7, 11) is 0. The predicted octanol–water partition coefficient (Wildman–Crippen LogP) is 2.26. The van der Waals surface area contributed by atoms with Gasteiger partial charge >= 0.3 is 0 Å². The lowest BCUT2D eigenvalue weighted by Crippen LogP contribution is -2.29. The fraction of sp³-hybridized carbons (Fsp3) is 0.455. The first kappa shape index (κ1) is 10.2. The maximum absolute atomic E-state index is 12.3. The highest BCUT2D eigenvalue weighted by Crippen LogP contribution is 2.14. The summed E-state index contributed by atoms with van der Waals surface area (Å²) in [5.41, 5.74) is 0.878. The van der Waals surface area contributed by atoms with E-state index in [-0.39, 0.29) is 0 Å². The minimum Gasteiger partial charge on any atom is -0.387 e. The van der Waals surface area contributed by atoms with E-state index in [4.69, 9.17) is 0 Å². The van der Waals surface area contributed by atoms with E-state index in [1.807, 2.05) is 31.2 Å². The van der Waals surface area contributed by atoms with Gasteiger partial charge in [-0.05, 0) is 19.4 Å². The molecule has 2 heteroatoms. The normalized spacial score (nSPS) is 15.4. The lowest BCUT2D eigenvalue weighted by atomic mass is 9.97. The van der Waals surface area contributed by atoms with Crippen LogP contribution in [0.2, 0.25) is 0 Å². The highest BCUT2D eigenvalue weighted by atomic mass is 19.1. The Bertz CT molecular complexity index is 281. The molecule has 1 nitrogen and oxygen atoms in total. The molecule has 0 radical (unpaired) electrons. The summed E-state index contributed by atoms with van der Waals surface area (Å²) >= 11 is 0. The van der Waals surface area contributed by atoms with Crippen LogP contribution in [0.3, 0.4) is 0 Å². The average molecular weight is 182 g/mol. The van der Waals surface area contributed by atoms with E-state index in [1.54, 1.807) is 0 Å². The number of alkyl halides is 1. The van der Waals surface area contributed by atoms with Crippen LogP contribution in [0, 0.1) is 6.92 Å². The number of aryl methyl sites for hydroxylation is 1. The zero-order chi connectivity index (χ0) is 9.90. The molecule has 0 aliphatic rings. The van der Waals surface area contributed by atoms with E-state index in [1.165, 1.54) is 6.92 Å². The molecule has 1 atom stereocenters. The molecule has 0 saturated heterocycles. The minimum atomic E-state index is -1.23. The van der Waals surface area contributed by atoms with Crippen molar-refractivity contribution in [2.45, 2.75) is 25.9 Å². The van der Waals surface area contributed by atoms with Crippen LogP contribution < -0.4 is 0 Å². The maximum Gasteiger partial charge on any atom is 0.118 e. The van der Waals surface area contributed by atoms with Crippen LogP contribution in [0.4, 0.5) is 4.39 Å². The van der Waals surface area contributed by atoms with Crippen molar-refractivity contribution < 1.29 is 9.50 Å². The van der Waals surface area contributed by atoms with Crippen molar-refractivity contribution >= 4 is 0 Å². The number of hydrogen-bond donors (Lipinski definition) is 1. The molecule has 0 saturated carbocycles. The maximum atomic E-state index is 12.3. The topological polar surface area (TPSA) is 20.2 Å². The van der Waals surface area contributed by atoms with Gasteiger partial charge in [0.2, 0.25) is 0 Å². The summed E-state index contributed by atoms with van der Waals surface area (Å²) in [4.78, 5) is 0. The first-order chi connectivity index (χ1) is 6.03. The van der Waals surface area contributed by atoms with Crippen LogP contribution in [-0.2, 0) is 6.42 Å². The summed E-state index contributed by atoms with van der Waals surface area (Å²) in [6.07, 6.45) is 0.366. The SMILES string of the molecule is Cc1cccc(CC(C)(O)CF)c1. The third-order valence-electron chi connectivity index (χ3n) is 1.96. The van der Waals surface area contributed by atoms with Gasteiger partial charge in [0.05, 0.1) is 5.60 Å². The van der Waals surface area contributed by atoms with E-state index in [0.29, 0.717) is 6.42 Å². The molecule has 1 aromatic rings. The van der Waals surface area contributed by atoms with Gasteiger partial charge in [-0.2, -0.15) is 0 Å². The molecule has 0 heterocycles. The summed E-state index contributed by atoms with van der Waals surface area (Å²) in [6.45, 7) is 2.78. The van der Waals surface area contributed by atoms with Crippen LogP contribution in [0.5, 0.6) is 0 Å². The summed E-state index contributed by atoms with van der Waals surface area (Å²) < 4.78 is 12.3. The van der Waals surface area contributed by atoms with E-state index < -0.39 is 12.3 Å². The Hall–Kier alpha value is -0.890. The molecule has 1 unspecified atom stereocenters. The molecule has 0 fully saturated rings. The van der Waals surface area contributed by atoms with Crippen molar-refractivity contribution in [3.63, 3.8) is 0 Å². The van der Waals surface area contributed by atoms with E-state index >= 15 is 0 Å². The van der Waals surface area contributed by atoms with Gasteiger partial charge < -0.3 is 5.11 Å². The molecule has 0 bridgehead atoms. The number of halogens is 1. The molecule has 72 valence electrons. The van der Waals surface area contributed by atoms with Gasteiger partial charge in [-0.3, -0.25) is 0 Å². The Morgan fingerprint density at radius 3 is 2.69 bits per heavy atom. The van der Waals surface area contributed by atoms with E-state index in [2.05, 4.69) is 0 Å². The van der Waals surface area contributed by atoms with Gasteiger partial charge in [0, 0.05) is 6.42 Å². The Balaban J connectivity index is 2.74. The highest BCUT2D eigenvalue weighted by molar-refractivity contribution is 5.23. The Kier molecular flexibility index (Phi) is 3.04. The third kappa shape index (κ3) is 3.15. The molecule has 0 aliphatic heterocycles. The van der Waals surface area contributed by atoms with Crippen molar-refractivity contribution in [2.75, 3.05) is 6.67 Å². The second-order valence-corrected chi connectivity index (χ2v) is 3.80. The predicted molar refractivity (Wildman–Crippen MR) is 51.5 cm³/mol. The summed E-state index contributed by atoms with van der Waals surface area (Å²) in [5.74, 6) is 0. The van der Waals surface area contributed by atoms with Gasteiger partial charge in [-0.25, -0.2) is 4.39 Å². The number of aliphatic hydroxyl groups is 1. The van der Waals surface area contributed by atoms with Crippen LogP contribution in [-0.4, -0.2) is 17.4 Å². The first-order valence-corrected chi connectivity index (χ1v) is 4.37. The fourth-order valence-electron chi connectivity index (χ4n) is 1.31. The van der Waals surface area contributed by atoms with Crippen molar-refractivity contribution in [2.24, 2.45) is 0 Å². The Labute approximate surface area is 78.2 Å². The van der Waals surface area contributed by atoms with Gasteiger partial charge in [0.15, 0.2) is 0 Å². The first-order valence-electron chi connectivity index (χ1n) is 4.37. The summed E-state index contributed by atoms with van der Waals surface area (Å²) in [6, 6.07) is 7.76. The second kappa shape index (κ2) is 3.88. The molecular weight excluding hydrogens is 167 g/mol. The lowest BCUT2D eigenvalue weighted by Gasteiger charge is -2.19. The smallest absolute Gasteiger partial charge is 0.118 e. The molecular formula is C11H15FO. The zero-order valence-electron chi connectivity index (χ0n) is 8.05. The largest absolute Gasteiger partial charge is 0.387 e. The van der Waals surface area contributed by atoms with Gasteiger partial charge in [0.25, 0.3) is 0 Å². The molecule has 0 aromatic heterocycles. The fourth-order valence-corrected chi connectivity index (χ4v) is 1.31. The number of rotatable bonds is 3. The molecule has 0 aliphatic carbocycles. The molecule has 1 rings (SSSR count). The quantitative estimate of drug-likeness (QED) is 0.760. The van der Waals surface area contributed by atoms with Crippen molar-refractivity contribution in [3.8, 4) is 0 Å². The number of benzene rings is 1. The molecule has 13 heavy (non-hydrogen) atoms. The van der Waals surface area contributed by atoms with Crippen molar-refractivity contribution in [1.29, 1.82) is 0 Å². The lowest BCUT2D eigenvalue weighted by molar-refractivity contribution is 0.0339. The van der Waals surface area contributed by atoms with Gasteiger partial charge in [-0.1, -0.05) is 29.8 Å². The molecule has 1 N–H and O–H groups in total. The zero-order valence-corrected chi connectivity index (χ0v) is 8.05. The molecule has 0 amide bonds. The molecule has 1 aromatic carbocycles. The van der Waals surface area contributed by atoms with Crippen molar-refractivity contribution in [1.82, 2.24) is 0 Å². The van der Waals surface area contributed by atoms with Gasteiger partial charge in [-0.15, -0.1) is 0 Å². The molecule has 0 spiro atoms. The van der Waals surface area contributed by atoms with Crippen LogP contribution in [0.1, 0.15) is 18.1 Å². The van der Waals surface area contributed by atoms with Crippen molar-refractivity contribution in [3.05, 3.63) is 35.4 Å². The minimum absolute atomic E-state index is 0.366. The third-order valence-corrected chi connectivity index (χ3v) is 1.96. The Morgan fingerprint density at radius 1 is 1.46 bits per heavy atom. The standard InChI is InChI=1S/C11H15FO/c1-9-4-3-5-10(6-9)7-11(2,13)8-12/h3-6,13H,7-8H2,1-2H3. The summed E-state index contributed by atoms with van der Waals surface area (Å²) in [5, 5.41) is 9.49. The highest BCUT2D eigenvalue weighted by Gasteiger charge is 2.20. The monoisotopic (exact) mass is 182 g/mol. The average Bonchev–Trinajstić information content (AvgIpc) is 2.03. The van der Waals surface area contributed by atoms with Crippen LogP contribution >= 0.6 is 0 Å². The Morgan fingerprint density at radius 2 is 2.15 bits per heavy atom.